The minimum absolute atomic E-state index is 0.0234. The van der Waals surface area contributed by atoms with Crippen molar-refractivity contribution in [1.82, 2.24) is 29.5 Å². The Morgan fingerprint density at radius 3 is 2.66 bits per heavy atom. The van der Waals surface area contributed by atoms with E-state index in [-0.39, 0.29) is 5.91 Å². The minimum Gasteiger partial charge on any atom is -0.399 e. The topological polar surface area (TPSA) is 79.9 Å². The van der Waals surface area contributed by atoms with Gasteiger partial charge in [0.2, 0.25) is 0 Å². The number of rotatable bonds is 7. The summed E-state index contributed by atoms with van der Waals surface area (Å²) in [4.78, 5) is 23.6. The Morgan fingerprint density at radius 2 is 1.88 bits per heavy atom. The molecule has 1 saturated heterocycles. The molecule has 9 heteroatoms. The van der Waals surface area contributed by atoms with Crippen LogP contribution in [0.3, 0.4) is 0 Å². The first-order chi connectivity index (χ1) is 20.0. The van der Waals surface area contributed by atoms with Crippen molar-refractivity contribution in [2.75, 3.05) is 46.4 Å². The summed E-state index contributed by atoms with van der Waals surface area (Å²) < 4.78 is 4.43. The lowest BCUT2D eigenvalue weighted by Crippen LogP contribution is -2.46. The second-order valence-corrected chi connectivity index (χ2v) is 11.6. The fourth-order valence-corrected chi connectivity index (χ4v) is 7.34. The zero-order chi connectivity index (χ0) is 28.2. The van der Waals surface area contributed by atoms with Crippen molar-refractivity contribution < 1.29 is 9.63 Å². The highest BCUT2D eigenvalue weighted by Crippen LogP contribution is 2.46. The first kappa shape index (κ1) is 26.2. The second kappa shape index (κ2) is 10.3. The molecular weight excluding hydrogens is 514 g/mol. The van der Waals surface area contributed by atoms with Gasteiger partial charge in [-0.15, -0.1) is 0 Å². The number of piperazine rings is 1. The van der Waals surface area contributed by atoms with Crippen LogP contribution in [0.2, 0.25) is 0 Å². The Morgan fingerprint density at radius 1 is 1.07 bits per heavy atom. The number of aromatic nitrogens is 3. The summed E-state index contributed by atoms with van der Waals surface area (Å²) in [7, 11) is 3.55. The number of aryl methyl sites for hydroxylation is 4. The van der Waals surface area contributed by atoms with Crippen LogP contribution in [0.1, 0.15) is 53.0 Å². The summed E-state index contributed by atoms with van der Waals surface area (Å²) in [5.74, 6) is 0.0234. The van der Waals surface area contributed by atoms with E-state index in [1.165, 1.54) is 27.4 Å². The van der Waals surface area contributed by atoms with E-state index in [0.29, 0.717) is 6.54 Å². The third-order valence-electron chi connectivity index (χ3n) is 9.36. The van der Waals surface area contributed by atoms with Crippen LogP contribution in [0.5, 0.6) is 0 Å². The van der Waals surface area contributed by atoms with Gasteiger partial charge in [0.1, 0.15) is 7.11 Å². The SMILES string of the molecule is CCN1CCN(CCCn2c3ccc(/C(C)=N/OC)cc3c3c4c(c5c(c32)CCc2nn(C)cc2-5)C(=O)NC4)CC1. The van der Waals surface area contributed by atoms with Crippen molar-refractivity contribution in [3.05, 3.63) is 52.3 Å². The van der Waals surface area contributed by atoms with Gasteiger partial charge in [-0.2, -0.15) is 5.10 Å². The average molecular weight is 554 g/mol. The molecule has 0 bridgehead atoms. The molecule has 0 atom stereocenters. The largest absolute Gasteiger partial charge is 0.399 e. The van der Waals surface area contributed by atoms with Crippen LogP contribution in [0.4, 0.5) is 0 Å². The van der Waals surface area contributed by atoms with E-state index < -0.39 is 0 Å². The minimum atomic E-state index is 0.0234. The first-order valence-electron chi connectivity index (χ1n) is 15.0. The van der Waals surface area contributed by atoms with Crippen LogP contribution >= 0.6 is 0 Å². The maximum absolute atomic E-state index is 13.4. The fraction of sp³-hybridized carbons (Fsp3) is 0.469. The third-order valence-corrected chi connectivity index (χ3v) is 9.36. The van der Waals surface area contributed by atoms with Gasteiger partial charge in [0.15, 0.2) is 0 Å². The van der Waals surface area contributed by atoms with E-state index in [2.05, 4.69) is 56.2 Å². The van der Waals surface area contributed by atoms with Crippen molar-refractivity contribution in [3.63, 3.8) is 0 Å². The van der Waals surface area contributed by atoms with Gasteiger partial charge in [0.25, 0.3) is 5.91 Å². The molecule has 4 aromatic rings. The van der Waals surface area contributed by atoms with Gasteiger partial charge in [0, 0.05) is 79.9 Å². The molecule has 0 radical (unpaired) electrons. The fourth-order valence-electron chi connectivity index (χ4n) is 7.34. The molecule has 4 heterocycles. The van der Waals surface area contributed by atoms with Crippen LogP contribution in [0.15, 0.2) is 29.6 Å². The Hall–Kier alpha value is -3.69. The van der Waals surface area contributed by atoms with Crippen LogP contribution in [-0.2, 0) is 37.8 Å². The van der Waals surface area contributed by atoms with E-state index in [1.807, 2.05) is 18.7 Å². The Balaban J connectivity index is 1.41. The highest BCUT2D eigenvalue weighted by atomic mass is 16.6. The molecule has 214 valence electrons. The zero-order valence-electron chi connectivity index (χ0n) is 24.6. The first-order valence-corrected chi connectivity index (χ1v) is 15.0. The molecule has 1 N–H and O–H groups in total. The van der Waals surface area contributed by atoms with Crippen molar-refractivity contribution in [2.45, 2.75) is 46.2 Å². The van der Waals surface area contributed by atoms with Crippen molar-refractivity contribution in [1.29, 1.82) is 0 Å². The molecule has 0 spiro atoms. The number of nitrogens with one attached hydrogen (secondary N) is 1. The molecular formula is C32H39N7O2. The predicted molar refractivity (Wildman–Crippen MR) is 163 cm³/mol. The van der Waals surface area contributed by atoms with E-state index >= 15 is 0 Å². The number of hydrogen-bond donors (Lipinski definition) is 1. The summed E-state index contributed by atoms with van der Waals surface area (Å²) in [5, 5.41) is 14.5. The number of fused-ring (bicyclic) bond motifs is 10. The van der Waals surface area contributed by atoms with E-state index in [1.54, 1.807) is 7.11 Å². The summed E-state index contributed by atoms with van der Waals surface area (Å²) >= 11 is 0. The summed E-state index contributed by atoms with van der Waals surface area (Å²) in [6, 6.07) is 6.62. The molecule has 0 unspecified atom stereocenters. The smallest absolute Gasteiger partial charge is 0.252 e. The number of oxime groups is 1. The van der Waals surface area contributed by atoms with Crippen LogP contribution in [0, 0.1) is 0 Å². The van der Waals surface area contributed by atoms with E-state index in [4.69, 9.17) is 9.94 Å². The molecule has 1 fully saturated rings. The molecule has 1 amide bonds. The summed E-state index contributed by atoms with van der Waals surface area (Å²) in [6.07, 6.45) is 4.93. The maximum Gasteiger partial charge on any atom is 0.252 e. The number of nitrogens with zero attached hydrogens (tertiary/aromatic N) is 6. The number of benzene rings is 2. The van der Waals surface area contributed by atoms with Gasteiger partial charge >= 0.3 is 0 Å². The van der Waals surface area contributed by atoms with Gasteiger partial charge in [-0.05, 0) is 68.1 Å². The molecule has 1 aliphatic carbocycles. The normalized spacial score (nSPS) is 17.7. The quantitative estimate of drug-likeness (QED) is 0.277. The molecule has 7 rings (SSSR count). The van der Waals surface area contributed by atoms with Gasteiger partial charge in [0.05, 0.1) is 22.5 Å². The van der Waals surface area contributed by atoms with Crippen LogP contribution < -0.4 is 5.32 Å². The van der Waals surface area contributed by atoms with E-state index in [0.717, 1.165) is 104 Å². The molecule has 2 aromatic heterocycles. The molecule has 0 saturated carbocycles. The molecule has 41 heavy (non-hydrogen) atoms. The van der Waals surface area contributed by atoms with Crippen molar-refractivity contribution >= 4 is 33.4 Å². The molecule has 2 aliphatic heterocycles. The number of carbonyl (C=O) groups excluding carboxylic acids is 1. The Kier molecular flexibility index (Phi) is 6.59. The molecule has 9 nitrogen and oxygen atoms in total. The average Bonchev–Trinajstić information content (AvgIpc) is 3.65. The second-order valence-electron chi connectivity index (χ2n) is 11.6. The lowest BCUT2D eigenvalue weighted by molar-refractivity contribution is 0.0966. The number of likely N-dealkylation sites (N-methyl/N-ethyl adjacent to an activating group) is 1. The maximum atomic E-state index is 13.4. The molecule has 2 aromatic carbocycles. The van der Waals surface area contributed by atoms with Gasteiger partial charge in [-0.3, -0.25) is 9.48 Å². The van der Waals surface area contributed by atoms with Gasteiger partial charge in [-0.25, -0.2) is 0 Å². The van der Waals surface area contributed by atoms with E-state index in [9.17, 15) is 4.79 Å². The number of carbonyl (C=O) groups is 1. The lowest BCUT2D eigenvalue weighted by atomic mass is 9.82. The lowest BCUT2D eigenvalue weighted by Gasteiger charge is -2.34. The number of amides is 1. The zero-order valence-corrected chi connectivity index (χ0v) is 24.6. The van der Waals surface area contributed by atoms with Gasteiger partial charge < -0.3 is 24.5 Å². The predicted octanol–water partition coefficient (Wildman–Crippen LogP) is 3.94. The van der Waals surface area contributed by atoms with Gasteiger partial charge in [-0.1, -0.05) is 18.1 Å². The van der Waals surface area contributed by atoms with Crippen molar-refractivity contribution in [3.8, 4) is 11.1 Å². The highest BCUT2D eigenvalue weighted by Gasteiger charge is 2.35. The monoisotopic (exact) mass is 553 g/mol. The third kappa shape index (κ3) is 4.25. The molecule has 3 aliphatic rings. The van der Waals surface area contributed by atoms with Crippen LogP contribution in [0.25, 0.3) is 32.9 Å². The Bertz CT molecular complexity index is 1700. The standard InChI is InChI=1S/C32H39N7O2/c1-5-37-13-15-38(16-14-37)11-6-12-39-27-10-7-21(20(2)35-41-4)17-23(27)29-24-18-33-32(40)30(24)28-22(31(29)39)8-9-26-25(28)19-36(3)34-26/h7,10,17,19H,5-6,8-9,11-16,18H2,1-4H3,(H,33,40)/b35-20+. The Labute approximate surface area is 240 Å². The summed E-state index contributed by atoms with van der Waals surface area (Å²) in [5.41, 5.74) is 10.9. The highest BCUT2D eigenvalue weighted by molar-refractivity contribution is 6.20. The summed E-state index contributed by atoms with van der Waals surface area (Å²) in [6.45, 7) is 12.5. The van der Waals surface area contributed by atoms with Crippen molar-refractivity contribution in [2.24, 2.45) is 12.2 Å². The van der Waals surface area contributed by atoms with Crippen LogP contribution in [-0.4, -0.2) is 82.1 Å². The number of hydrogen-bond acceptors (Lipinski definition) is 6.